The molecule has 100 valence electrons. The van der Waals surface area contributed by atoms with E-state index >= 15 is 0 Å². The highest BCUT2D eigenvalue weighted by molar-refractivity contribution is 7.89. The Bertz CT molecular complexity index is 560. The fourth-order valence-corrected chi connectivity index (χ4v) is 2.46. The molecule has 0 aliphatic heterocycles. The molecule has 1 aromatic rings. The molecular formula is C10H13F2N3O2S. The van der Waals surface area contributed by atoms with Crippen molar-refractivity contribution in [3.05, 3.63) is 29.8 Å². The number of hydrogen-bond acceptors (Lipinski definition) is 3. The van der Waals surface area contributed by atoms with Crippen LogP contribution in [0.5, 0.6) is 0 Å². The van der Waals surface area contributed by atoms with Crippen LogP contribution in [-0.4, -0.2) is 32.2 Å². The topological polar surface area (TPSA) is 87.2 Å². The van der Waals surface area contributed by atoms with Gasteiger partial charge >= 0.3 is 0 Å². The second-order valence-electron chi connectivity index (χ2n) is 3.68. The molecule has 1 rings (SSSR count). The first-order valence-electron chi connectivity index (χ1n) is 4.99. The van der Waals surface area contributed by atoms with E-state index in [4.69, 9.17) is 11.1 Å². The average molecular weight is 277 g/mol. The molecule has 0 unspecified atom stereocenters. The molecule has 0 heterocycles. The number of nitrogens with zero attached hydrogens (tertiary/aromatic N) is 1. The van der Waals surface area contributed by atoms with Gasteiger partial charge in [-0.25, -0.2) is 21.5 Å². The van der Waals surface area contributed by atoms with Crippen LogP contribution in [-0.2, 0) is 10.0 Å². The van der Waals surface area contributed by atoms with Gasteiger partial charge in [0.2, 0.25) is 10.0 Å². The summed E-state index contributed by atoms with van der Waals surface area (Å²) in [5.41, 5.74) is 5.11. The molecule has 0 aromatic heterocycles. The van der Waals surface area contributed by atoms with E-state index in [0.29, 0.717) is 6.07 Å². The van der Waals surface area contributed by atoms with E-state index in [1.54, 1.807) is 0 Å². The Labute approximate surface area is 104 Å². The Morgan fingerprint density at radius 2 is 2.06 bits per heavy atom. The third-order valence-corrected chi connectivity index (χ3v) is 4.17. The standard InChI is InChI=1S/C10H13F2N3O2S/c1-15(5-4-10(13)14)18(16,17)9-3-2-7(11)6-8(9)12/h2-3,6H,4-5H2,1H3,(H3,13,14). The van der Waals surface area contributed by atoms with Gasteiger partial charge in [0, 0.05) is 26.1 Å². The van der Waals surface area contributed by atoms with Crippen molar-refractivity contribution in [3.8, 4) is 0 Å². The van der Waals surface area contributed by atoms with E-state index in [1.807, 2.05) is 0 Å². The Kier molecular flexibility index (Phi) is 4.36. The zero-order valence-corrected chi connectivity index (χ0v) is 10.5. The van der Waals surface area contributed by atoms with E-state index in [0.717, 1.165) is 16.4 Å². The summed E-state index contributed by atoms with van der Waals surface area (Å²) < 4.78 is 50.8. The molecule has 0 atom stereocenters. The summed E-state index contributed by atoms with van der Waals surface area (Å²) in [5, 5.41) is 7.00. The minimum Gasteiger partial charge on any atom is -0.388 e. The first-order valence-corrected chi connectivity index (χ1v) is 6.43. The lowest BCUT2D eigenvalue weighted by atomic mass is 10.3. The molecule has 0 spiro atoms. The van der Waals surface area contributed by atoms with Crippen LogP contribution in [0.15, 0.2) is 23.1 Å². The molecule has 0 bridgehead atoms. The van der Waals surface area contributed by atoms with Crippen LogP contribution in [0.3, 0.4) is 0 Å². The van der Waals surface area contributed by atoms with Gasteiger partial charge in [0.25, 0.3) is 0 Å². The lowest BCUT2D eigenvalue weighted by Crippen LogP contribution is -2.31. The van der Waals surface area contributed by atoms with Gasteiger partial charge in [-0.05, 0) is 12.1 Å². The zero-order valence-electron chi connectivity index (χ0n) is 9.65. The molecule has 1 aromatic carbocycles. The number of halogens is 2. The highest BCUT2D eigenvalue weighted by Gasteiger charge is 2.24. The van der Waals surface area contributed by atoms with Gasteiger partial charge in [0.15, 0.2) is 0 Å². The molecule has 0 saturated heterocycles. The second kappa shape index (κ2) is 5.40. The lowest BCUT2D eigenvalue weighted by molar-refractivity contribution is 0.469. The Morgan fingerprint density at radius 3 is 2.56 bits per heavy atom. The van der Waals surface area contributed by atoms with Crippen molar-refractivity contribution in [3.63, 3.8) is 0 Å². The van der Waals surface area contributed by atoms with E-state index in [2.05, 4.69) is 0 Å². The molecule has 0 aliphatic rings. The summed E-state index contributed by atoms with van der Waals surface area (Å²) in [6.07, 6.45) is 0.0402. The summed E-state index contributed by atoms with van der Waals surface area (Å²) in [4.78, 5) is -0.602. The fourth-order valence-electron chi connectivity index (χ4n) is 1.25. The van der Waals surface area contributed by atoms with Crippen molar-refractivity contribution in [1.82, 2.24) is 4.31 Å². The lowest BCUT2D eigenvalue weighted by Gasteiger charge is -2.17. The van der Waals surface area contributed by atoms with Crippen LogP contribution < -0.4 is 5.73 Å². The third-order valence-electron chi connectivity index (χ3n) is 2.28. The number of hydrogen-bond donors (Lipinski definition) is 2. The summed E-state index contributed by atoms with van der Waals surface area (Å²) in [7, 11) is -2.81. The molecule has 3 N–H and O–H groups in total. The van der Waals surface area contributed by atoms with Crippen molar-refractivity contribution < 1.29 is 17.2 Å². The summed E-state index contributed by atoms with van der Waals surface area (Å²) in [5.74, 6) is -2.17. The Morgan fingerprint density at radius 1 is 1.44 bits per heavy atom. The fraction of sp³-hybridized carbons (Fsp3) is 0.300. The van der Waals surface area contributed by atoms with Crippen LogP contribution in [0.1, 0.15) is 6.42 Å². The van der Waals surface area contributed by atoms with Gasteiger partial charge in [-0.15, -0.1) is 0 Å². The maximum Gasteiger partial charge on any atom is 0.245 e. The summed E-state index contributed by atoms with van der Waals surface area (Å²) in [6.45, 7) is -0.0471. The quantitative estimate of drug-likeness (QED) is 0.619. The summed E-state index contributed by atoms with van der Waals surface area (Å²) >= 11 is 0. The van der Waals surface area contributed by atoms with Gasteiger partial charge < -0.3 is 5.73 Å². The summed E-state index contributed by atoms with van der Waals surface area (Å²) in [6, 6.07) is 2.24. The number of sulfonamides is 1. The highest BCUT2D eigenvalue weighted by Crippen LogP contribution is 2.19. The number of amidine groups is 1. The minimum atomic E-state index is -4.04. The minimum absolute atomic E-state index is 0.0402. The largest absolute Gasteiger partial charge is 0.388 e. The van der Waals surface area contributed by atoms with Crippen molar-refractivity contribution in [2.24, 2.45) is 5.73 Å². The molecule has 0 radical (unpaired) electrons. The number of rotatable bonds is 5. The number of nitrogens with one attached hydrogen (secondary N) is 1. The predicted octanol–water partition coefficient (Wildman–Crippen LogP) is 0.911. The SMILES string of the molecule is CN(CCC(=N)N)S(=O)(=O)c1ccc(F)cc1F. The van der Waals surface area contributed by atoms with Gasteiger partial charge in [0.05, 0.1) is 5.84 Å². The number of benzene rings is 1. The van der Waals surface area contributed by atoms with Crippen LogP contribution in [0.2, 0.25) is 0 Å². The van der Waals surface area contributed by atoms with E-state index in [-0.39, 0.29) is 18.8 Å². The molecule has 5 nitrogen and oxygen atoms in total. The molecular weight excluding hydrogens is 264 g/mol. The smallest absolute Gasteiger partial charge is 0.245 e. The zero-order chi connectivity index (χ0) is 13.9. The van der Waals surface area contributed by atoms with E-state index in [1.165, 1.54) is 7.05 Å². The first-order chi connectivity index (χ1) is 8.25. The van der Waals surface area contributed by atoms with Crippen molar-refractivity contribution in [1.29, 1.82) is 5.41 Å². The van der Waals surface area contributed by atoms with Crippen molar-refractivity contribution >= 4 is 15.9 Å². The second-order valence-corrected chi connectivity index (χ2v) is 5.69. The van der Waals surface area contributed by atoms with Crippen LogP contribution >= 0.6 is 0 Å². The van der Waals surface area contributed by atoms with Gasteiger partial charge in [-0.1, -0.05) is 0 Å². The van der Waals surface area contributed by atoms with Gasteiger partial charge in [-0.2, -0.15) is 0 Å². The third kappa shape index (κ3) is 3.23. The first kappa shape index (κ1) is 14.5. The van der Waals surface area contributed by atoms with E-state index in [9.17, 15) is 17.2 Å². The number of nitrogens with two attached hydrogens (primary N) is 1. The molecule has 0 aliphatic carbocycles. The Hall–Kier alpha value is -1.54. The van der Waals surface area contributed by atoms with Crippen molar-refractivity contribution in [2.45, 2.75) is 11.3 Å². The molecule has 0 fully saturated rings. The molecule has 18 heavy (non-hydrogen) atoms. The van der Waals surface area contributed by atoms with Crippen LogP contribution in [0, 0.1) is 17.0 Å². The van der Waals surface area contributed by atoms with Gasteiger partial charge in [-0.3, -0.25) is 5.41 Å². The molecule has 0 saturated carbocycles. The monoisotopic (exact) mass is 277 g/mol. The van der Waals surface area contributed by atoms with Gasteiger partial charge in [0.1, 0.15) is 16.5 Å². The maximum absolute atomic E-state index is 13.4. The highest BCUT2D eigenvalue weighted by atomic mass is 32.2. The Balaban J connectivity index is 3.02. The van der Waals surface area contributed by atoms with Crippen LogP contribution in [0.25, 0.3) is 0 Å². The van der Waals surface area contributed by atoms with Crippen LogP contribution in [0.4, 0.5) is 8.78 Å². The molecule has 8 heteroatoms. The maximum atomic E-state index is 13.4. The normalized spacial score (nSPS) is 11.8. The molecule has 0 amide bonds. The average Bonchev–Trinajstić information content (AvgIpc) is 2.24. The predicted molar refractivity (Wildman–Crippen MR) is 62.7 cm³/mol. The van der Waals surface area contributed by atoms with E-state index < -0.39 is 26.6 Å². The van der Waals surface area contributed by atoms with Crippen molar-refractivity contribution in [2.75, 3.05) is 13.6 Å².